The van der Waals surface area contributed by atoms with Gasteiger partial charge in [-0.15, -0.1) is 5.10 Å². The fourth-order valence-corrected chi connectivity index (χ4v) is 6.29. The fourth-order valence-electron chi connectivity index (χ4n) is 6.29. The highest BCUT2D eigenvalue weighted by Gasteiger charge is 2.51. The average molecular weight is 517 g/mol. The Labute approximate surface area is 223 Å². The third-order valence-corrected chi connectivity index (χ3v) is 8.07. The molecule has 9 nitrogen and oxygen atoms in total. The highest BCUT2D eigenvalue weighted by atomic mass is 16.4. The van der Waals surface area contributed by atoms with E-state index >= 15 is 0 Å². The summed E-state index contributed by atoms with van der Waals surface area (Å²) in [5, 5.41) is 27.8. The first-order chi connectivity index (χ1) is 18.5. The molecule has 3 aromatic rings. The van der Waals surface area contributed by atoms with Crippen LogP contribution in [0.4, 0.5) is 0 Å². The lowest BCUT2D eigenvalue weighted by molar-refractivity contribution is -0.157. The van der Waals surface area contributed by atoms with Crippen molar-refractivity contribution in [1.82, 2.24) is 30.6 Å². The number of fused-ring (bicyclic) bond motifs is 1. The third-order valence-electron chi connectivity index (χ3n) is 8.07. The predicted octanol–water partition coefficient (Wildman–Crippen LogP) is 4.73. The van der Waals surface area contributed by atoms with Gasteiger partial charge < -0.3 is 5.11 Å². The number of tetrazole rings is 1. The van der Waals surface area contributed by atoms with Gasteiger partial charge in [0.25, 0.3) is 0 Å². The molecule has 0 saturated carbocycles. The summed E-state index contributed by atoms with van der Waals surface area (Å²) in [5.41, 5.74) is 4.19. The summed E-state index contributed by atoms with van der Waals surface area (Å²) in [6.07, 6.45) is 6.13. The predicted molar refractivity (Wildman–Crippen MR) is 144 cm³/mol. The minimum absolute atomic E-state index is 0.0897. The first-order valence-corrected chi connectivity index (χ1v) is 13.7. The maximum Gasteiger partial charge on any atom is 0.303 e. The van der Waals surface area contributed by atoms with Crippen LogP contribution in [-0.4, -0.2) is 65.8 Å². The minimum Gasteiger partial charge on any atom is -0.481 e. The van der Waals surface area contributed by atoms with E-state index in [9.17, 15) is 9.59 Å². The van der Waals surface area contributed by atoms with Crippen molar-refractivity contribution in [3.05, 3.63) is 54.1 Å². The van der Waals surface area contributed by atoms with Crippen molar-refractivity contribution in [2.24, 2.45) is 5.92 Å². The summed E-state index contributed by atoms with van der Waals surface area (Å²) >= 11 is 0. The molecule has 5 rings (SSSR count). The SMILES string of the molecule is CCCC1C(Cc2ccc(-c3ccccc3-c3nnn[nH]3)cc2)C(=O)N2C(CCCC(=O)O)CCC(C)N12. The summed E-state index contributed by atoms with van der Waals surface area (Å²) in [7, 11) is 0. The number of hydrazine groups is 1. The number of amides is 1. The second-order valence-corrected chi connectivity index (χ2v) is 10.6. The van der Waals surface area contributed by atoms with Gasteiger partial charge in [-0.2, -0.15) is 0 Å². The molecule has 0 aliphatic carbocycles. The van der Waals surface area contributed by atoms with Crippen molar-refractivity contribution in [2.75, 3.05) is 0 Å². The van der Waals surface area contributed by atoms with E-state index in [2.05, 4.69) is 69.8 Å². The smallest absolute Gasteiger partial charge is 0.303 e. The lowest BCUT2D eigenvalue weighted by Crippen LogP contribution is -2.56. The molecule has 200 valence electrons. The Morgan fingerprint density at radius 3 is 2.53 bits per heavy atom. The van der Waals surface area contributed by atoms with Crippen LogP contribution in [0.2, 0.25) is 0 Å². The number of aromatic nitrogens is 4. The molecular formula is C29H36N6O3. The van der Waals surface area contributed by atoms with Crippen LogP contribution in [0.25, 0.3) is 22.5 Å². The molecular weight excluding hydrogens is 480 g/mol. The number of H-pyrrole nitrogens is 1. The van der Waals surface area contributed by atoms with Crippen LogP contribution in [0, 0.1) is 5.92 Å². The fraction of sp³-hybridized carbons (Fsp3) is 0.483. The van der Waals surface area contributed by atoms with Crippen molar-refractivity contribution in [3.63, 3.8) is 0 Å². The Kier molecular flexibility index (Phi) is 7.83. The summed E-state index contributed by atoms with van der Waals surface area (Å²) < 4.78 is 0. The Morgan fingerprint density at radius 1 is 1.08 bits per heavy atom. The first kappa shape index (κ1) is 26.0. The Hall–Kier alpha value is -3.59. The zero-order valence-electron chi connectivity index (χ0n) is 22.1. The molecule has 4 atom stereocenters. The largest absolute Gasteiger partial charge is 0.481 e. The number of rotatable bonds is 10. The van der Waals surface area contributed by atoms with Crippen LogP contribution in [-0.2, 0) is 16.0 Å². The van der Waals surface area contributed by atoms with Crippen LogP contribution in [0.15, 0.2) is 48.5 Å². The molecule has 1 amide bonds. The molecule has 2 aliphatic rings. The van der Waals surface area contributed by atoms with E-state index in [1.807, 2.05) is 23.2 Å². The molecule has 3 heterocycles. The number of carboxylic acids is 1. The molecule has 38 heavy (non-hydrogen) atoms. The molecule has 0 bridgehead atoms. The number of carbonyl (C=O) groups is 2. The van der Waals surface area contributed by atoms with E-state index in [0.29, 0.717) is 24.7 Å². The third kappa shape index (κ3) is 5.20. The molecule has 2 fully saturated rings. The van der Waals surface area contributed by atoms with Gasteiger partial charge in [0, 0.05) is 30.1 Å². The van der Waals surface area contributed by atoms with Gasteiger partial charge in [-0.25, -0.2) is 10.1 Å². The molecule has 2 aliphatic heterocycles. The van der Waals surface area contributed by atoms with E-state index in [-0.39, 0.29) is 30.3 Å². The second-order valence-electron chi connectivity index (χ2n) is 10.6. The molecule has 1 aromatic heterocycles. The number of aromatic amines is 1. The lowest BCUT2D eigenvalue weighted by Gasteiger charge is -2.46. The van der Waals surface area contributed by atoms with Gasteiger partial charge in [-0.05, 0) is 72.6 Å². The standard InChI is InChI=1S/C29H36N6O3/c1-3-7-26-25(29(38)35-22(8-6-11-27(36)37)17-12-19(2)34(26)35)18-20-13-15-21(16-14-20)23-9-4-5-10-24(23)28-30-32-33-31-28/h4-5,9-10,13-16,19,22,25-26H,3,6-8,11-12,17-18H2,1-2H3,(H,36,37)(H,30,31,32,33). The molecule has 0 radical (unpaired) electrons. The van der Waals surface area contributed by atoms with Gasteiger partial charge >= 0.3 is 5.97 Å². The van der Waals surface area contributed by atoms with Crippen LogP contribution < -0.4 is 0 Å². The zero-order chi connectivity index (χ0) is 26.6. The number of nitrogens with one attached hydrogen (secondary N) is 1. The Bertz CT molecular complexity index is 1250. The molecule has 0 spiro atoms. The van der Waals surface area contributed by atoms with Gasteiger partial charge in [-0.1, -0.05) is 61.9 Å². The second kappa shape index (κ2) is 11.4. The molecule has 4 unspecified atom stereocenters. The number of carbonyl (C=O) groups excluding carboxylic acids is 1. The molecule has 2 saturated heterocycles. The van der Waals surface area contributed by atoms with Crippen LogP contribution in [0.5, 0.6) is 0 Å². The van der Waals surface area contributed by atoms with Crippen molar-refractivity contribution in [3.8, 4) is 22.5 Å². The van der Waals surface area contributed by atoms with Crippen molar-refractivity contribution in [2.45, 2.75) is 83.3 Å². The van der Waals surface area contributed by atoms with Crippen molar-refractivity contribution >= 4 is 11.9 Å². The topological polar surface area (TPSA) is 115 Å². The van der Waals surface area contributed by atoms with Crippen LogP contribution in [0.3, 0.4) is 0 Å². The first-order valence-electron chi connectivity index (χ1n) is 13.7. The van der Waals surface area contributed by atoms with E-state index in [4.69, 9.17) is 5.11 Å². The zero-order valence-corrected chi connectivity index (χ0v) is 22.1. The molecule has 9 heteroatoms. The average Bonchev–Trinajstić information content (AvgIpc) is 3.55. The summed E-state index contributed by atoms with van der Waals surface area (Å²) in [6.45, 7) is 4.40. The van der Waals surface area contributed by atoms with E-state index < -0.39 is 5.97 Å². The highest BCUT2D eigenvalue weighted by molar-refractivity contribution is 5.83. The number of carboxylic acid groups (broad SMARTS) is 1. The van der Waals surface area contributed by atoms with E-state index in [0.717, 1.165) is 54.4 Å². The highest BCUT2D eigenvalue weighted by Crippen LogP contribution is 2.40. The molecule has 2 N–H and O–H groups in total. The van der Waals surface area contributed by atoms with Crippen LogP contribution in [0.1, 0.15) is 64.4 Å². The Morgan fingerprint density at radius 2 is 1.84 bits per heavy atom. The van der Waals surface area contributed by atoms with Gasteiger partial charge in [0.15, 0.2) is 5.82 Å². The molecule has 2 aromatic carbocycles. The van der Waals surface area contributed by atoms with E-state index in [1.165, 1.54) is 0 Å². The van der Waals surface area contributed by atoms with Gasteiger partial charge in [0.05, 0.1) is 5.92 Å². The van der Waals surface area contributed by atoms with Crippen molar-refractivity contribution < 1.29 is 14.7 Å². The maximum atomic E-state index is 13.9. The number of hydrogen-bond acceptors (Lipinski definition) is 6. The summed E-state index contributed by atoms with van der Waals surface area (Å²) in [5.74, 6) is -0.0519. The van der Waals surface area contributed by atoms with Crippen LogP contribution >= 0.6 is 0 Å². The summed E-state index contributed by atoms with van der Waals surface area (Å²) in [4.78, 5) is 25.0. The number of nitrogens with zero attached hydrogens (tertiary/aromatic N) is 5. The van der Waals surface area contributed by atoms with E-state index in [1.54, 1.807) is 0 Å². The monoisotopic (exact) mass is 516 g/mol. The summed E-state index contributed by atoms with van der Waals surface area (Å²) in [6, 6.07) is 17.1. The minimum atomic E-state index is -0.774. The van der Waals surface area contributed by atoms with Gasteiger partial charge in [-0.3, -0.25) is 14.6 Å². The number of hydrogen-bond donors (Lipinski definition) is 2. The number of benzene rings is 2. The van der Waals surface area contributed by atoms with Gasteiger partial charge in [0.1, 0.15) is 0 Å². The normalized spacial score (nSPS) is 23.5. The maximum absolute atomic E-state index is 13.9. The lowest BCUT2D eigenvalue weighted by atomic mass is 9.89. The Balaban J connectivity index is 1.36. The quantitative estimate of drug-likeness (QED) is 0.400. The van der Waals surface area contributed by atoms with Gasteiger partial charge in [0.2, 0.25) is 5.91 Å². The number of aliphatic carboxylic acids is 1. The van der Waals surface area contributed by atoms with Crippen molar-refractivity contribution in [1.29, 1.82) is 0 Å².